The smallest absolute Gasteiger partial charge is 0.392 e. The standard InChI is InChI=1S/C27H45N2O6PS.C26H43N2O3PS.C3H9NO.C2H6Cl2NPS.CH3B/c1-8-9-10-12-22-18-25(30)27(24-17-21(4)13-14-23(24)20(2)3)26(19-22)35-36(31,29(5)6)28-15-11-16-34-37(7,32)33;1-7-8-9-11-21-17-24(30)26(23-16-20(4)12-13-22(23)19(2)3)25(18-21)31-32(33,28(5)6)27-14-10-15-29;4-2-1-3-5;1-5(2)6(3,4)7;1-2/h17-19,23-24,30H,2,8-16H2,1,3-7H3,(H,28,31);16-18,22-23,29-30H,2,7-15H2,1,3-6H3,(H,27,33);5H,1-4H2;1-2H3;1H3/t23-,24+,36?;22-,23+,32?;;;/m00.../s1/i;;;;1D. The summed E-state index contributed by atoms with van der Waals surface area (Å²) >= 11 is 21.6. The van der Waals surface area contributed by atoms with Crippen LogP contribution in [0.4, 0.5) is 0 Å². The Morgan fingerprint density at radius 2 is 1.17 bits per heavy atom. The zero-order valence-electron chi connectivity index (χ0n) is 53.8. The maximum absolute atomic E-state index is 14.0. The van der Waals surface area contributed by atoms with Gasteiger partial charge in [-0.3, -0.25) is 8.85 Å². The first-order valence-corrected chi connectivity index (χ1v) is 39.5. The molecule has 0 aliphatic heterocycles. The predicted octanol–water partition coefficient (Wildman–Crippen LogP) is 14.2. The lowest BCUT2D eigenvalue weighted by Gasteiger charge is -2.35. The Kier molecular flexibility index (Phi) is 40.5. The van der Waals surface area contributed by atoms with Crippen molar-refractivity contribution in [3.05, 3.63) is 94.1 Å². The molecular formula is C59H106BCl2N6O10P3S3. The molecule has 2 aromatic rings. The SMILES string of the molecule is C=C(C)[C@@H]1CCC(C)=C[C@H]1c1c(O)cc(CCCCC)cc1OP(=O)(NCCCOS(C)(=O)=O)N(C)C.C=C(C)[C@@H]1CCC(C)=C[C@H]1c1c(O)cc(CCCCC)cc1OP(=S)(NCCCO)N(C)C.CN(C)P(=S)(Cl)Cl.NCCCO.[2H]C[B]. The van der Waals surface area contributed by atoms with Crippen molar-refractivity contribution < 1.29 is 48.0 Å². The minimum atomic E-state index is -3.58. The van der Waals surface area contributed by atoms with Crippen LogP contribution in [0.2, 0.25) is 6.80 Å². The van der Waals surface area contributed by atoms with Gasteiger partial charge in [-0.25, -0.2) is 24.1 Å². The van der Waals surface area contributed by atoms with Crippen LogP contribution in [0.25, 0.3) is 0 Å². The molecule has 482 valence electrons. The van der Waals surface area contributed by atoms with Crippen molar-refractivity contribution in [2.24, 2.45) is 17.6 Å². The number of aromatic hydroxyl groups is 2. The lowest BCUT2D eigenvalue weighted by molar-refractivity contribution is 0.288. The lowest BCUT2D eigenvalue weighted by atomic mass is 9.73. The van der Waals surface area contributed by atoms with Crippen LogP contribution in [0.15, 0.2) is 71.9 Å². The monoisotopic (exact) mass is 1330 g/mol. The van der Waals surface area contributed by atoms with E-state index >= 15 is 0 Å². The van der Waals surface area contributed by atoms with Crippen molar-refractivity contribution in [1.82, 2.24) is 24.2 Å². The van der Waals surface area contributed by atoms with Crippen molar-refractivity contribution in [3.8, 4) is 23.0 Å². The van der Waals surface area contributed by atoms with Crippen LogP contribution in [-0.2, 0) is 55.3 Å². The molecule has 0 spiro atoms. The molecule has 2 radical (unpaired) electrons. The van der Waals surface area contributed by atoms with Gasteiger partial charge in [-0.1, -0.05) is 116 Å². The highest BCUT2D eigenvalue weighted by atomic mass is 35.9. The first-order valence-electron chi connectivity index (χ1n) is 29.6. The molecule has 25 heteroatoms. The molecule has 16 nitrogen and oxygen atoms in total. The maximum Gasteiger partial charge on any atom is 0.392 e. The van der Waals surface area contributed by atoms with E-state index in [1.165, 1.54) is 15.8 Å². The molecule has 0 saturated carbocycles. The summed E-state index contributed by atoms with van der Waals surface area (Å²) in [5.74, 6) is 1.69. The third-order valence-corrected chi connectivity index (χ3v) is 24.0. The average Bonchev–Trinajstić information content (AvgIpc) is 2.83. The van der Waals surface area contributed by atoms with Crippen LogP contribution in [0.1, 0.15) is 160 Å². The van der Waals surface area contributed by atoms with Gasteiger partial charge in [0.2, 0.25) is 6.57 Å². The first-order chi connectivity index (χ1) is 39.7. The number of aliphatic hydroxyl groups is 2. The molecule has 4 rings (SSSR count). The molecule has 0 aromatic heterocycles. The number of aryl methyl sites for hydroxylation is 2. The fraction of sp³-hybridized carbons (Fsp3) is 0.661. The van der Waals surface area contributed by atoms with Crippen molar-refractivity contribution >= 4 is 83.2 Å². The Morgan fingerprint density at radius 3 is 1.50 bits per heavy atom. The maximum atomic E-state index is 14.0. The molecule has 2 unspecified atom stereocenters. The summed E-state index contributed by atoms with van der Waals surface area (Å²) in [5.41, 5.74) is 13.1. The summed E-state index contributed by atoms with van der Waals surface area (Å²) in [6.07, 6.45) is 19.2. The highest BCUT2D eigenvalue weighted by Gasteiger charge is 2.36. The quantitative estimate of drug-likeness (QED) is 0.0123. The van der Waals surface area contributed by atoms with Gasteiger partial charge in [0, 0.05) is 50.6 Å². The van der Waals surface area contributed by atoms with E-state index in [0.29, 0.717) is 43.0 Å². The number of benzene rings is 2. The Morgan fingerprint density at radius 1 is 0.750 bits per heavy atom. The topological polar surface area (TPSA) is 220 Å². The molecule has 0 fully saturated rings. The van der Waals surface area contributed by atoms with Gasteiger partial charge in [-0.05, 0) is 218 Å². The fourth-order valence-electron chi connectivity index (χ4n) is 9.09. The van der Waals surface area contributed by atoms with Crippen molar-refractivity contribution in [3.63, 3.8) is 0 Å². The summed E-state index contributed by atoms with van der Waals surface area (Å²) in [6, 6.07) is 7.70. The number of hydrogen-bond donors (Lipinski definition) is 7. The number of nitrogens with one attached hydrogen (secondary N) is 2. The molecule has 2 aliphatic rings. The summed E-state index contributed by atoms with van der Waals surface area (Å²) in [4.78, 5) is -2.13. The second kappa shape index (κ2) is 42.4. The predicted molar refractivity (Wildman–Crippen MR) is 366 cm³/mol. The molecule has 2 aliphatic carbocycles. The van der Waals surface area contributed by atoms with Crippen LogP contribution in [0.5, 0.6) is 23.0 Å². The number of halogens is 2. The molecule has 0 saturated heterocycles. The van der Waals surface area contributed by atoms with Gasteiger partial charge < -0.3 is 35.2 Å². The second-order valence-electron chi connectivity index (χ2n) is 21.9. The van der Waals surface area contributed by atoms with Gasteiger partial charge in [-0.15, -0.1) is 0 Å². The number of allylic oxidation sites excluding steroid dienone is 6. The van der Waals surface area contributed by atoms with Gasteiger partial charge >= 0.3 is 7.67 Å². The number of phenolic OH excluding ortho intramolecular Hbond substituents is 2. The number of hydrogen-bond acceptors (Lipinski definition) is 13. The Balaban J connectivity index is 0.00000134. The lowest BCUT2D eigenvalue weighted by Crippen LogP contribution is -2.27. The highest BCUT2D eigenvalue weighted by molar-refractivity contribution is 8.37. The zero-order valence-corrected chi connectivity index (χ0v) is 59.4. The minimum absolute atomic E-state index is 0. The van der Waals surface area contributed by atoms with Crippen LogP contribution < -0.4 is 25.0 Å². The Bertz CT molecular complexity index is 2650. The number of rotatable bonds is 31. The van der Waals surface area contributed by atoms with Crippen molar-refractivity contribution in [2.75, 3.05) is 88.0 Å². The van der Waals surface area contributed by atoms with Gasteiger partial charge in [-0.2, -0.15) is 8.42 Å². The van der Waals surface area contributed by atoms with Crippen LogP contribution in [0.3, 0.4) is 0 Å². The number of phenols is 2. The van der Waals surface area contributed by atoms with Gasteiger partial charge in [0.05, 0.1) is 20.7 Å². The number of unbranched alkanes of at least 4 members (excludes halogenated alkanes) is 4. The summed E-state index contributed by atoms with van der Waals surface area (Å²) in [6.45, 7) is 20.2. The van der Waals surface area contributed by atoms with Gasteiger partial charge in [0.15, 0.2) is 4.89 Å². The van der Waals surface area contributed by atoms with Crippen molar-refractivity contribution in [1.29, 1.82) is 0 Å². The van der Waals surface area contributed by atoms with E-state index in [-0.39, 0.29) is 68.3 Å². The first kappa shape index (κ1) is 80.4. The van der Waals surface area contributed by atoms with E-state index in [0.717, 1.165) is 118 Å². The van der Waals surface area contributed by atoms with E-state index in [9.17, 15) is 28.3 Å². The molecule has 2 aromatic carbocycles. The normalized spacial score (nSPS) is 18.6. The van der Waals surface area contributed by atoms with Crippen LogP contribution >= 0.6 is 41.6 Å². The second-order valence-corrected chi connectivity index (χ2v) is 37.6. The summed E-state index contributed by atoms with van der Waals surface area (Å²) < 4.78 is 65.1. The molecule has 0 heterocycles. The Hall–Kier alpha value is -1.64. The van der Waals surface area contributed by atoms with E-state index in [1.807, 2.05) is 43.9 Å². The molecule has 6 atom stereocenters. The molecule has 0 bridgehead atoms. The number of nitrogens with zero attached hydrogens (tertiary/aromatic N) is 3. The van der Waals surface area contributed by atoms with E-state index < -0.39 is 29.2 Å². The number of nitrogens with two attached hydrogens (primary N) is 1. The summed E-state index contributed by atoms with van der Waals surface area (Å²) in [5, 5.41) is 46.1. The average molecular weight is 1330 g/mol. The van der Waals surface area contributed by atoms with E-state index in [4.69, 9.17) is 59.7 Å². The van der Waals surface area contributed by atoms with Crippen LogP contribution in [-0.4, -0.2) is 139 Å². The van der Waals surface area contributed by atoms with E-state index in [1.54, 1.807) is 32.9 Å². The van der Waals surface area contributed by atoms with Gasteiger partial charge in [0.25, 0.3) is 10.1 Å². The molecule has 8 N–H and O–H groups in total. The van der Waals surface area contributed by atoms with Gasteiger partial charge in [0.1, 0.15) is 23.0 Å². The Labute approximate surface area is 531 Å². The van der Waals surface area contributed by atoms with E-state index in [2.05, 4.69) is 95.8 Å². The molecule has 0 amide bonds. The largest absolute Gasteiger partial charge is 0.507 e. The minimum Gasteiger partial charge on any atom is -0.507 e. The third-order valence-electron chi connectivity index (χ3n) is 13.8. The third kappa shape index (κ3) is 30.7. The fourth-order valence-corrected chi connectivity index (χ4v) is 12.8. The molecule has 84 heavy (non-hydrogen) atoms. The molecular weight excluding hydrogens is 1220 g/mol. The zero-order chi connectivity index (χ0) is 65.3. The van der Waals surface area contributed by atoms with Crippen molar-refractivity contribution in [2.45, 2.75) is 156 Å². The highest BCUT2D eigenvalue weighted by Crippen LogP contribution is 2.58. The number of aliphatic hydroxyl groups excluding tert-OH is 2. The summed E-state index contributed by atoms with van der Waals surface area (Å²) in [7, 11) is 8.08. The van der Waals surface area contributed by atoms with Crippen LogP contribution in [0, 0.1) is 11.8 Å².